The predicted octanol–water partition coefficient (Wildman–Crippen LogP) is 0.291. The van der Waals surface area contributed by atoms with Crippen molar-refractivity contribution in [1.29, 1.82) is 0 Å². The van der Waals surface area contributed by atoms with E-state index in [0.29, 0.717) is 5.82 Å². The molecule has 1 aliphatic heterocycles. The molecule has 6 heteroatoms. The van der Waals surface area contributed by atoms with Gasteiger partial charge in [0.25, 0.3) is 0 Å². The van der Waals surface area contributed by atoms with Gasteiger partial charge in [0.1, 0.15) is 5.82 Å². The molecule has 0 aromatic carbocycles. The number of nitrogens with one attached hydrogen (secondary N) is 1. The van der Waals surface area contributed by atoms with E-state index in [0.717, 1.165) is 5.59 Å². The first kappa shape index (κ1) is 10.5. The van der Waals surface area contributed by atoms with Crippen LogP contribution in [0.1, 0.15) is 27.7 Å². The molecule has 0 saturated carbocycles. The average molecular weight is 209 g/mol. The van der Waals surface area contributed by atoms with E-state index in [1.807, 2.05) is 27.7 Å². The van der Waals surface area contributed by atoms with Gasteiger partial charge in [-0.3, -0.25) is 5.10 Å². The second kappa shape index (κ2) is 2.99. The highest BCUT2D eigenvalue weighted by molar-refractivity contribution is 6.61. The lowest BCUT2D eigenvalue weighted by Crippen LogP contribution is -2.41. The molecule has 1 aromatic rings. The topological polar surface area (TPSA) is 73.2 Å². The lowest BCUT2D eigenvalue weighted by atomic mass is 9.85. The highest BCUT2D eigenvalue weighted by atomic mass is 16.7. The fourth-order valence-electron chi connectivity index (χ4n) is 1.44. The zero-order valence-electron chi connectivity index (χ0n) is 9.50. The molecule has 0 aliphatic carbocycles. The molecule has 3 N–H and O–H groups in total. The molecular weight excluding hydrogens is 193 g/mol. The van der Waals surface area contributed by atoms with Gasteiger partial charge >= 0.3 is 7.12 Å². The van der Waals surface area contributed by atoms with Crippen LogP contribution in [0.4, 0.5) is 5.82 Å². The summed E-state index contributed by atoms with van der Waals surface area (Å²) in [6.07, 6.45) is 0. The fourth-order valence-corrected chi connectivity index (χ4v) is 1.44. The van der Waals surface area contributed by atoms with Crippen LogP contribution in [0.15, 0.2) is 6.07 Å². The van der Waals surface area contributed by atoms with Crippen LogP contribution in [-0.4, -0.2) is 28.5 Å². The minimum atomic E-state index is -0.417. The smallest absolute Gasteiger partial charge is 0.398 e. The fraction of sp³-hybridized carbons (Fsp3) is 0.667. The van der Waals surface area contributed by atoms with Gasteiger partial charge in [-0.05, 0) is 33.8 Å². The molecule has 2 heterocycles. The molecule has 15 heavy (non-hydrogen) atoms. The van der Waals surface area contributed by atoms with E-state index in [-0.39, 0.29) is 11.2 Å². The van der Waals surface area contributed by atoms with Gasteiger partial charge in [0, 0.05) is 0 Å². The molecule has 0 spiro atoms. The van der Waals surface area contributed by atoms with Crippen molar-refractivity contribution >= 4 is 18.5 Å². The van der Waals surface area contributed by atoms with Gasteiger partial charge < -0.3 is 15.0 Å². The summed E-state index contributed by atoms with van der Waals surface area (Å²) in [7, 11) is -0.417. The number of hydrogen-bond acceptors (Lipinski definition) is 4. The number of nitrogens with zero attached hydrogens (tertiary/aromatic N) is 1. The number of H-pyrrole nitrogens is 1. The SMILES string of the molecule is CC1(C)OB(c2cc(N)n[nH]2)OC1(C)C. The summed E-state index contributed by atoms with van der Waals surface area (Å²) in [6, 6.07) is 1.72. The Labute approximate surface area is 89.5 Å². The monoisotopic (exact) mass is 209 g/mol. The molecule has 1 aromatic heterocycles. The van der Waals surface area contributed by atoms with Crippen molar-refractivity contribution in [3.8, 4) is 0 Å². The number of anilines is 1. The van der Waals surface area contributed by atoms with E-state index in [2.05, 4.69) is 10.2 Å². The number of rotatable bonds is 1. The summed E-state index contributed by atoms with van der Waals surface area (Å²) >= 11 is 0. The highest BCUT2D eigenvalue weighted by Crippen LogP contribution is 2.36. The van der Waals surface area contributed by atoms with Crippen LogP contribution in [0.5, 0.6) is 0 Å². The maximum atomic E-state index is 5.81. The molecule has 0 amide bonds. The quantitative estimate of drug-likeness (QED) is 0.652. The van der Waals surface area contributed by atoms with E-state index in [1.165, 1.54) is 0 Å². The molecule has 82 valence electrons. The van der Waals surface area contributed by atoms with Gasteiger partial charge in [-0.2, -0.15) is 5.10 Å². The van der Waals surface area contributed by atoms with Crippen molar-refractivity contribution in [2.75, 3.05) is 5.73 Å². The van der Waals surface area contributed by atoms with E-state index in [4.69, 9.17) is 15.0 Å². The number of aromatic amines is 1. The summed E-state index contributed by atoms with van der Waals surface area (Å²) < 4.78 is 11.6. The van der Waals surface area contributed by atoms with Crippen molar-refractivity contribution in [2.45, 2.75) is 38.9 Å². The Hall–Kier alpha value is -1.01. The first-order valence-corrected chi connectivity index (χ1v) is 4.98. The normalized spacial score (nSPS) is 23.3. The Morgan fingerprint density at radius 1 is 1.27 bits per heavy atom. The van der Waals surface area contributed by atoms with Gasteiger partial charge in [0.15, 0.2) is 0 Å². The minimum absolute atomic E-state index is 0.336. The van der Waals surface area contributed by atoms with E-state index in [1.54, 1.807) is 6.07 Å². The van der Waals surface area contributed by atoms with Gasteiger partial charge in [-0.1, -0.05) is 0 Å². The van der Waals surface area contributed by atoms with Crippen molar-refractivity contribution < 1.29 is 9.31 Å². The average Bonchev–Trinajstić information content (AvgIpc) is 2.56. The van der Waals surface area contributed by atoms with Crippen molar-refractivity contribution in [2.24, 2.45) is 0 Å². The lowest BCUT2D eigenvalue weighted by molar-refractivity contribution is 0.00578. The second-order valence-corrected chi connectivity index (χ2v) is 4.84. The molecule has 0 atom stereocenters. The van der Waals surface area contributed by atoms with Gasteiger partial charge in [0.2, 0.25) is 0 Å². The van der Waals surface area contributed by atoms with E-state index >= 15 is 0 Å². The van der Waals surface area contributed by atoms with Crippen LogP contribution >= 0.6 is 0 Å². The third kappa shape index (κ3) is 1.64. The lowest BCUT2D eigenvalue weighted by Gasteiger charge is -2.32. The largest absolute Gasteiger partial charge is 0.514 e. The zero-order valence-corrected chi connectivity index (χ0v) is 9.50. The molecule has 0 unspecified atom stereocenters. The Morgan fingerprint density at radius 2 is 1.80 bits per heavy atom. The van der Waals surface area contributed by atoms with Gasteiger partial charge in [-0.15, -0.1) is 0 Å². The molecule has 1 aliphatic rings. The number of hydrogen-bond donors (Lipinski definition) is 2. The number of aromatic nitrogens is 2. The second-order valence-electron chi connectivity index (χ2n) is 4.84. The van der Waals surface area contributed by atoms with Crippen LogP contribution in [0.25, 0.3) is 0 Å². The van der Waals surface area contributed by atoms with Crippen LogP contribution in [0.3, 0.4) is 0 Å². The first-order valence-electron chi connectivity index (χ1n) is 4.98. The Morgan fingerprint density at radius 3 is 2.20 bits per heavy atom. The standard InChI is InChI=1S/C9H16BN3O2/c1-8(2)9(3,4)15-10(14-8)6-5-7(11)13-12-6/h5H,1-4H3,(H3,11,12,13). The number of nitrogen functional groups attached to an aromatic ring is 1. The Balaban J connectivity index is 2.23. The molecule has 1 fully saturated rings. The number of nitrogens with two attached hydrogens (primary N) is 1. The van der Waals surface area contributed by atoms with Gasteiger partial charge in [0.05, 0.1) is 16.8 Å². The zero-order chi connectivity index (χ0) is 11.3. The molecule has 5 nitrogen and oxygen atoms in total. The summed E-state index contributed by atoms with van der Waals surface area (Å²) in [6.45, 7) is 8.03. The van der Waals surface area contributed by atoms with Crippen molar-refractivity contribution in [1.82, 2.24) is 10.2 Å². The highest BCUT2D eigenvalue weighted by Gasteiger charge is 2.52. The predicted molar refractivity (Wildman–Crippen MR) is 58.7 cm³/mol. The van der Waals surface area contributed by atoms with Gasteiger partial charge in [-0.25, -0.2) is 0 Å². The van der Waals surface area contributed by atoms with Crippen LogP contribution < -0.4 is 11.3 Å². The molecule has 2 rings (SSSR count). The van der Waals surface area contributed by atoms with Crippen LogP contribution in [-0.2, 0) is 9.31 Å². The van der Waals surface area contributed by atoms with Crippen molar-refractivity contribution in [3.05, 3.63) is 6.07 Å². The van der Waals surface area contributed by atoms with Crippen LogP contribution in [0, 0.1) is 0 Å². The third-order valence-corrected chi connectivity index (χ3v) is 3.12. The van der Waals surface area contributed by atoms with E-state index < -0.39 is 7.12 Å². The molecule has 1 saturated heterocycles. The van der Waals surface area contributed by atoms with Crippen LogP contribution in [0.2, 0.25) is 0 Å². The molecular formula is C9H16BN3O2. The minimum Gasteiger partial charge on any atom is -0.398 e. The summed E-state index contributed by atoms with van der Waals surface area (Å²) in [5.74, 6) is 0.444. The maximum Gasteiger partial charge on any atom is 0.514 e. The van der Waals surface area contributed by atoms with Crippen molar-refractivity contribution in [3.63, 3.8) is 0 Å². The maximum absolute atomic E-state index is 5.81. The Kier molecular flexibility index (Phi) is 2.10. The summed E-state index contributed by atoms with van der Waals surface area (Å²) in [4.78, 5) is 0. The Bertz CT molecular complexity index is 359. The molecule has 0 bridgehead atoms. The molecule has 0 radical (unpaired) electrons. The summed E-state index contributed by atoms with van der Waals surface area (Å²) in [5.41, 5.74) is 5.61. The van der Waals surface area contributed by atoms with E-state index in [9.17, 15) is 0 Å². The summed E-state index contributed by atoms with van der Waals surface area (Å²) in [5, 5.41) is 6.65. The third-order valence-electron chi connectivity index (χ3n) is 3.12. The first-order chi connectivity index (χ1) is 6.82.